The number of anilines is 1. The van der Waals surface area contributed by atoms with Crippen LogP contribution in [0.5, 0.6) is 0 Å². The van der Waals surface area contributed by atoms with Gasteiger partial charge in [0.25, 0.3) is 0 Å². The first-order chi connectivity index (χ1) is 18.1. The topological polar surface area (TPSA) is 76.5 Å². The number of carbonyl (C=O) groups excluding carboxylic acids is 2. The Morgan fingerprint density at radius 3 is 2.68 bits per heavy atom. The van der Waals surface area contributed by atoms with E-state index in [4.69, 9.17) is 21.4 Å². The van der Waals surface area contributed by atoms with E-state index in [0.29, 0.717) is 36.1 Å². The Morgan fingerprint density at radius 2 is 2.00 bits per heavy atom. The van der Waals surface area contributed by atoms with Crippen molar-refractivity contribution in [3.8, 4) is 5.69 Å². The molecular formula is C28H32ClFN4O3S. The van der Waals surface area contributed by atoms with Crippen molar-refractivity contribution in [1.29, 1.82) is 0 Å². The van der Waals surface area contributed by atoms with Gasteiger partial charge < -0.3 is 10.1 Å². The zero-order chi connectivity index (χ0) is 27.4. The van der Waals surface area contributed by atoms with Crippen LogP contribution >= 0.6 is 23.4 Å². The summed E-state index contributed by atoms with van der Waals surface area (Å²) in [6.07, 6.45) is 0.657. The van der Waals surface area contributed by atoms with Crippen molar-refractivity contribution < 1.29 is 18.7 Å². The van der Waals surface area contributed by atoms with Crippen molar-refractivity contribution in [3.05, 3.63) is 76.2 Å². The predicted molar refractivity (Wildman–Crippen MR) is 150 cm³/mol. The lowest BCUT2D eigenvalue weighted by Gasteiger charge is -2.24. The van der Waals surface area contributed by atoms with E-state index >= 15 is 0 Å². The summed E-state index contributed by atoms with van der Waals surface area (Å²) in [7, 11) is 1.61. The van der Waals surface area contributed by atoms with Crippen molar-refractivity contribution in [2.75, 3.05) is 37.5 Å². The molecule has 2 heterocycles. The van der Waals surface area contributed by atoms with E-state index in [1.807, 2.05) is 45.0 Å². The van der Waals surface area contributed by atoms with Crippen LogP contribution in [0.4, 0.5) is 10.2 Å². The van der Waals surface area contributed by atoms with Gasteiger partial charge in [0.05, 0.1) is 27.4 Å². The van der Waals surface area contributed by atoms with Crippen molar-refractivity contribution in [2.45, 2.75) is 37.9 Å². The average Bonchev–Trinajstić information content (AvgIpc) is 3.20. The molecule has 202 valence electrons. The van der Waals surface area contributed by atoms with Gasteiger partial charge in [-0.15, -0.1) is 11.8 Å². The highest BCUT2D eigenvalue weighted by atomic mass is 35.5. The Morgan fingerprint density at radius 1 is 1.24 bits per heavy atom. The van der Waals surface area contributed by atoms with E-state index in [0.717, 1.165) is 16.8 Å². The van der Waals surface area contributed by atoms with E-state index in [9.17, 15) is 14.0 Å². The number of hydrogen-bond acceptors (Lipinski definition) is 5. The van der Waals surface area contributed by atoms with Crippen LogP contribution in [0.1, 0.15) is 49.3 Å². The predicted octanol–water partition coefficient (Wildman–Crippen LogP) is 5.28. The first kappa shape index (κ1) is 28.1. The number of fused-ring (bicyclic) bond motifs is 1. The SMILES string of the molecule is COCCCNC(=O)CN1C(=O)CSC(c2cccc(F)c2)c2c(C(C)(C)C)nn(-c3ccccc3Cl)c21. The molecule has 0 spiro atoms. The van der Waals surface area contributed by atoms with E-state index in [2.05, 4.69) is 5.32 Å². The number of nitrogens with one attached hydrogen (secondary N) is 1. The third-order valence-electron chi connectivity index (χ3n) is 6.18. The van der Waals surface area contributed by atoms with Crippen LogP contribution in [0.25, 0.3) is 5.69 Å². The summed E-state index contributed by atoms with van der Waals surface area (Å²) < 4.78 is 21.1. The fourth-order valence-corrected chi connectivity index (χ4v) is 5.84. The molecule has 0 bridgehead atoms. The molecule has 0 aliphatic carbocycles. The quantitative estimate of drug-likeness (QED) is 0.380. The number of methoxy groups -OCH3 is 1. The minimum absolute atomic E-state index is 0.110. The molecule has 1 atom stereocenters. The lowest BCUT2D eigenvalue weighted by atomic mass is 9.87. The standard InChI is InChI=1S/C28H32ClFN4O3S/c1-28(2,3)26-24-25(18-9-7-10-19(30)15-18)38-17-23(36)33(16-22(35)31-13-8-14-37-4)27(24)34(32-26)21-12-6-5-11-20(21)29/h5-7,9-12,15,25H,8,13-14,16-17H2,1-4H3,(H,31,35). The normalized spacial score (nSPS) is 15.8. The second kappa shape index (κ2) is 11.9. The third-order valence-corrected chi connectivity index (χ3v) is 7.76. The highest BCUT2D eigenvalue weighted by molar-refractivity contribution is 8.00. The van der Waals surface area contributed by atoms with Crippen LogP contribution in [0.3, 0.4) is 0 Å². The van der Waals surface area contributed by atoms with E-state index < -0.39 is 5.41 Å². The largest absolute Gasteiger partial charge is 0.385 e. The number of thioether (sulfide) groups is 1. The smallest absolute Gasteiger partial charge is 0.240 e. The zero-order valence-electron chi connectivity index (χ0n) is 22.0. The van der Waals surface area contributed by atoms with Gasteiger partial charge in [-0.2, -0.15) is 5.10 Å². The second-order valence-corrected chi connectivity index (χ2v) is 11.6. The molecule has 1 N–H and O–H groups in total. The van der Waals surface area contributed by atoms with Crippen LogP contribution in [0.15, 0.2) is 48.5 Å². The van der Waals surface area contributed by atoms with Gasteiger partial charge in [-0.3, -0.25) is 14.5 Å². The molecule has 38 heavy (non-hydrogen) atoms. The van der Waals surface area contributed by atoms with Crippen LogP contribution in [-0.4, -0.2) is 54.2 Å². The molecule has 2 amide bonds. The maximum absolute atomic E-state index is 14.4. The molecule has 10 heteroatoms. The summed E-state index contributed by atoms with van der Waals surface area (Å²) >= 11 is 8.02. The van der Waals surface area contributed by atoms with Gasteiger partial charge in [-0.05, 0) is 36.2 Å². The Bertz CT molecular complexity index is 1320. The molecule has 0 radical (unpaired) electrons. The number of para-hydroxylation sites is 1. The van der Waals surface area contributed by atoms with Gasteiger partial charge in [-0.25, -0.2) is 9.07 Å². The van der Waals surface area contributed by atoms with Crippen LogP contribution < -0.4 is 10.2 Å². The Kier molecular flexibility index (Phi) is 8.80. The molecule has 0 saturated carbocycles. The number of aromatic nitrogens is 2. The minimum Gasteiger partial charge on any atom is -0.385 e. The van der Waals surface area contributed by atoms with Gasteiger partial charge in [-0.1, -0.05) is 56.6 Å². The number of halogens is 2. The molecule has 4 rings (SSSR count). The third kappa shape index (κ3) is 6.06. The molecule has 1 unspecified atom stereocenters. The van der Waals surface area contributed by atoms with Gasteiger partial charge in [0.2, 0.25) is 11.8 Å². The number of hydrogen-bond donors (Lipinski definition) is 1. The fourth-order valence-electron chi connectivity index (χ4n) is 4.44. The lowest BCUT2D eigenvalue weighted by Crippen LogP contribution is -2.42. The van der Waals surface area contributed by atoms with Crippen LogP contribution in [-0.2, 0) is 19.7 Å². The number of carbonyl (C=O) groups is 2. The molecule has 7 nitrogen and oxygen atoms in total. The first-order valence-electron chi connectivity index (χ1n) is 12.4. The molecule has 1 aliphatic heterocycles. The molecule has 0 fully saturated rings. The number of benzene rings is 2. The Hall–Kier alpha value is -2.88. The number of nitrogens with zero attached hydrogens (tertiary/aromatic N) is 3. The van der Waals surface area contributed by atoms with E-state index in [-0.39, 0.29) is 35.2 Å². The number of rotatable bonds is 8. The molecule has 1 aliphatic rings. The molecule has 0 saturated heterocycles. The van der Waals surface area contributed by atoms with Gasteiger partial charge in [0.15, 0.2) is 0 Å². The highest BCUT2D eigenvalue weighted by Crippen LogP contribution is 2.48. The van der Waals surface area contributed by atoms with Crippen molar-refractivity contribution in [3.63, 3.8) is 0 Å². The Labute approximate surface area is 231 Å². The van der Waals surface area contributed by atoms with Crippen LogP contribution in [0.2, 0.25) is 5.02 Å². The van der Waals surface area contributed by atoms with E-state index in [1.54, 1.807) is 23.9 Å². The maximum atomic E-state index is 14.4. The summed E-state index contributed by atoms with van der Waals surface area (Å²) in [6.45, 7) is 6.89. The summed E-state index contributed by atoms with van der Waals surface area (Å²) in [4.78, 5) is 28.1. The lowest BCUT2D eigenvalue weighted by molar-refractivity contribution is -0.122. The fraction of sp³-hybridized carbons (Fsp3) is 0.393. The second-order valence-electron chi connectivity index (χ2n) is 10.1. The zero-order valence-corrected chi connectivity index (χ0v) is 23.5. The first-order valence-corrected chi connectivity index (χ1v) is 13.9. The number of amides is 2. The summed E-state index contributed by atoms with van der Waals surface area (Å²) in [5, 5.41) is 7.93. The van der Waals surface area contributed by atoms with Crippen molar-refractivity contribution >= 4 is 41.0 Å². The monoisotopic (exact) mass is 558 g/mol. The summed E-state index contributed by atoms with van der Waals surface area (Å²) in [5.41, 5.74) is 2.40. The van der Waals surface area contributed by atoms with Crippen LogP contribution in [0, 0.1) is 5.82 Å². The summed E-state index contributed by atoms with van der Waals surface area (Å²) in [5.74, 6) is -0.309. The van der Waals surface area contributed by atoms with Gasteiger partial charge >= 0.3 is 0 Å². The molecule has 1 aromatic heterocycles. The van der Waals surface area contributed by atoms with E-state index in [1.165, 1.54) is 28.8 Å². The van der Waals surface area contributed by atoms with Gasteiger partial charge in [0, 0.05) is 31.2 Å². The van der Waals surface area contributed by atoms with Crippen molar-refractivity contribution in [2.24, 2.45) is 0 Å². The summed E-state index contributed by atoms with van der Waals surface area (Å²) in [6, 6.07) is 13.6. The van der Waals surface area contributed by atoms with Crippen molar-refractivity contribution in [1.82, 2.24) is 15.1 Å². The van der Waals surface area contributed by atoms with Gasteiger partial charge in [0.1, 0.15) is 18.2 Å². The minimum atomic E-state index is -0.426. The molecule has 3 aromatic rings. The number of ether oxygens (including phenoxy) is 1. The molecular weight excluding hydrogens is 527 g/mol. The highest BCUT2D eigenvalue weighted by Gasteiger charge is 2.40. The molecule has 2 aromatic carbocycles. The Balaban J connectivity index is 1.92. The maximum Gasteiger partial charge on any atom is 0.240 e. The average molecular weight is 559 g/mol.